The zero-order valence-corrected chi connectivity index (χ0v) is 17.4. The van der Waals surface area contributed by atoms with Gasteiger partial charge in [-0.1, -0.05) is 46.3 Å². The Labute approximate surface area is 177 Å². The van der Waals surface area contributed by atoms with Crippen LogP contribution < -0.4 is 10.1 Å². The molecule has 1 atom stereocenters. The Balaban J connectivity index is 1.51. The Hall–Kier alpha value is -2.99. The van der Waals surface area contributed by atoms with Gasteiger partial charge in [0.15, 0.2) is 6.61 Å². The van der Waals surface area contributed by atoms with Crippen molar-refractivity contribution in [3.05, 3.63) is 94.2 Å². The highest BCUT2D eigenvalue weighted by atomic mass is 79.9. The molecule has 1 amide bonds. The summed E-state index contributed by atoms with van der Waals surface area (Å²) < 4.78 is 20.0. The largest absolute Gasteiger partial charge is 0.484 e. The maximum Gasteiger partial charge on any atom is 0.258 e. The van der Waals surface area contributed by atoms with E-state index in [4.69, 9.17) is 4.74 Å². The van der Waals surface area contributed by atoms with Crippen LogP contribution in [0.3, 0.4) is 0 Å². The van der Waals surface area contributed by atoms with E-state index in [0.717, 1.165) is 11.1 Å². The number of aliphatic imine (C=N–C) groups is 1. The van der Waals surface area contributed by atoms with Gasteiger partial charge < -0.3 is 10.1 Å². The number of carbonyl (C=O) groups excluding carboxylic acids is 1. The van der Waals surface area contributed by atoms with E-state index in [-0.39, 0.29) is 24.2 Å². The van der Waals surface area contributed by atoms with E-state index in [1.165, 1.54) is 6.07 Å². The maximum absolute atomic E-state index is 13.8. The Morgan fingerprint density at radius 3 is 2.55 bits per heavy atom. The molecule has 0 aliphatic heterocycles. The fraction of sp³-hybridized carbons (Fsp3) is 0.130. The first-order valence-electron chi connectivity index (χ1n) is 9.07. The van der Waals surface area contributed by atoms with E-state index in [2.05, 4.69) is 26.2 Å². The van der Waals surface area contributed by atoms with Crippen LogP contribution in [0, 0.1) is 5.82 Å². The second-order valence-corrected chi connectivity index (χ2v) is 7.33. The molecule has 0 aromatic heterocycles. The van der Waals surface area contributed by atoms with Crippen LogP contribution in [0.15, 0.2) is 82.3 Å². The predicted octanol–water partition coefficient (Wildman–Crippen LogP) is 5.60. The fourth-order valence-electron chi connectivity index (χ4n) is 2.64. The zero-order valence-electron chi connectivity index (χ0n) is 15.8. The minimum absolute atomic E-state index is 0.0747. The highest BCUT2D eigenvalue weighted by molar-refractivity contribution is 9.10. The van der Waals surface area contributed by atoms with Gasteiger partial charge in [0.25, 0.3) is 5.91 Å². The minimum atomic E-state index is -0.397. The van der Waals surface area contributed by atoms with Crippen LogP contribution in [-0.2, 0) is 4.79 Å². The molecule has 0 unspecified atom stereocenters. The number of benzene rings is 3. The van der Waals surface area contributed by atoms with Crippen molar-refractivity contribution in [1.29, 1.82) is 0 Å². The van der Waals surface area contributed by atoms with Gasteiger partial charge in [-0.15, -0.1) is 0 Å². The molecule has 148 valence electrons. The Morgan fingerprint density at radius 1 is 1.14 bits per heavy atom. The van der Waals surface area contributed by atoms with Crippen LogP contribution in [0.2, 0.25) is 0 Å². The summed E-state index contributed by atoms with van der Waals surface area (Å²) in [7, 11) is 0. The van der Waals surface area contributed by atoms with E-state index in [0.29, 0.717) is 10.2 Å². The Morgan fingerprint density at radius 2 is 1.86 bits per heavy atom. The molecule has 0 bridgehead atoms. The third-order valence-corrected chi connectivity index (χ3v) is 4.68. The van der Waals surface area contributed by atoms with E-state index in [1.54, 1.807) is 42.6 Å². The van der Waals surface area contributed by atoms with Crippen LogP contribution in [0.25, 0.3) is 0 Å². The number of amides is 1. The van der Waals surface area contributed by atoms with Crippen LogP contribution in [-0.4, -0.2) is 18.7 Å². The monoisotopic (exact) mass is 454 g/mol. The van der Waals surface area contributed by atoms with Gasteiger partial charge >= 0.3 is 0 Å². The minimum Gasteiger partial charge on any atom is -0.484 e. The summed E-state index contributed by atoms with van der Waals surface area (Å²) in [6.45, 7) is 1.85. The lowest BCUT2D eigenvalue weighted by molar-refractivity contribution is -0.123. The molecule has 0 radical (unpaired) electrons. The van der Waals surface area contributed by atoms with Gasteiger partial charge in [-0.2, -0.15) is 0 Å². The molecule has 3 aromatic rings. The van der Waals surface area contributed by atoms with Crippen molar-refractivity contribution in [3.63, 3.8) is 0 Å². The molecule has 6 heteroatoms. The van der Waals surface area contributed by atoms with E-state index < -0.39 is 5.82 Å². The number of ether oxygens (including phenoxy) is 1. The molecule has 4 nitrogen and oxygen atoms in total. The SMILES string of the molecule is C[C@H](NC(=O)COc1ccc(C=Nc2ccc(Br)cc2F)cc1)c1ccccc1. The molecule has 0 saturated heterocycles. The van der Waals surface area contributed by atoms with Gasteiger partial charge in [0.1, 0.15) is 11.6 Å². The molecule has 3 aromatic carbocycles. The fourth-order valence-corrected chi connectivity index (χ4v) is 2.97. The van der Waals surface area contributed by atoms with Crippen molar-refractivity contribution >= 4 is 33.7 Å². The normalized spacial score (nSPS) is 12.0. The Kier molecular flexibility index (Phi) is 7.14. The van der Waals surface area contributed by atoms with Gasteiger partial charge in [0, 0.05) is 10.7 Å². The highest BCUT2D eigenvalue weighted by Crippen LogP contribution is 2.22. The first-order valence-corrected chi connectivity index (χ1v) is 9.87. The predicted molar refractivity (Wildman–Crippen MR) is 116 cm³/mol. The lowest BCUT2D eigenvalue weighted by Gasteiger charge is -2.14. The van der Waals surface area contributed by atoms with Crippen LogP contribution in [0.5, 0.6) is 5.75 Å². The van der Waals surface area contributed by atoms with Crippen LogP contribution in [0.4, 0.5) is 10.1 Å². The van der Waals surface area contributed by atoms with E-state index >= 15 is 0 Å². The first-order chi connectivity index (χ1) is 14.0. The van der Waals surface area contributed by atoms with E-state index in [9.17, 15) is 9.18 Å². The molecule has 0 aliphatic carbocycles. The number of halogens is 2. The molecule has 1 N–H and O–H groups in total. The molecule has 0 spiro atoms. The average molecular weight is 455 g/mol. The lowest BCUT2D eigenvalue weighted by atomic mass is 10.1. The molecular formula is C23H20BrFN2O2. The third-order valence-electron chi connectivity index (χ3n) is 4.19. The molecule has 0 saturated carbocycles. The van der Waals surface area contributed by atoms with Crippen molar-refractivity contribution < 1.29 is 13.9 Å². The van der Waals surface area contributed by atoms with Crippen molar-refractivity contribution in [2.24, 2.45) is 4.99 Å². The third kappa shape index (κ3) is 6.26. The van der Waals surface area contributed by atoms with Gasteiger partial charge in [-0.05, 0) is 60.5 Å². The summed E-state index contributed by atoms with van der Waals surface area (Å²) in [5.74, 6) is -0.0245. The second-order valence-electron chi connectivity index (χ2n) is 6.41. The maximum atomic E-state index is 13.8. The van der Waals surface area contributed by atoms with Gasteiger partial charge in [-0.3, -0.25) is 9.79 Å². The van der Waals surface area contributed by atoms with Crippen LogP contribution in [0.1, 0.15) is 24.1 Å². The summed E-state index contributed by atoms with van der Waals surface area (Å²) in [5, 5.41) is 2.90. The van der Waals surface area contributed by atoms with Gasteiger partial charge in [-0.25, -0.2) is 4.39 Å². The Bertz CT molecular complexity index is 992. The highest BCUT2D eigenvalue weighted by Gasteiger charge is 2.09. The number of nitrogens with zero attached hydrogens (tertiary/aromatic N) is 1. The standard InChI is InChI=1S/C23H20BrFN2O2/c1-16(18-5-3-2-4-6-18)27-23(28)15-29-20-10-7-17(8-11-20)14-26-22-12-9-19(24)13-21(22)25/h2-14,16H,15H2,1H3,(H,27,28)/t16-/m0/s1. The number of nitrogens with one attached hydrogen (secondary N) is 1. The van der Waals surface area contributed by atoms with Crippen molar-refractivity contribution in [1.82, 2.24) is 5.32 Å². The summed E-state index contributed by atoms with van der Waals surface area (Å²) in [5.41, 5.74) is 2.09. The quantitative estimate of drug-likeness (QED) is 0.472. The van der Waals surface area contributed by atoms with Crippen molar-refractivity contribution in [2.75, 3.05) is 6.61 Å². The molecule has 0 fully saturated rings. The summed E-state index contributed by atoms with van der Waals surface area (Å²) in [4.78, 5) is 16.2. The number of hydrogen-bond acceptors (Lipinski definition) is 3. The molecular weight excluding hydrogens is 435 g/mol. The van der Waals surface area contributed by atoms with E-state index in [1.807, 2.05) is 37.3 Å². The molecule has 0 aliphatic rings. The van der Waals surface area contributed by atoms with Crippen LogP contribution >= 0.6 is 15.9 Å². The van der Waals surface area contributed by atoms with Gasteiger partial charge in [0.2, 0.25) is 0 Å². The smallest absolute Gasteiger partial charge is 0.258 e. The van der Waals surface area contributed by atoms with Crippen molar-refractivity contribution in [2.45, 2.75) is 13.0 Å². The second kappa shape index (κ2) is 9.98. The summed E-state index contributed by atoms with van der Waals surface area (Å²) in [6, 6.07) is 21.4. The number of rotatable bonds is 7. The molecule has 3 rings (SSSR count). The number of hydrogen-bond donors (Lipinski definition) is 1. The van der Waals surface area contributed by atoms with Crippen molar-refractivity contribution in [3.8, 4) is 5.75 Å². The topological polar surface area (TPSA) is 50.7 Å². The number of carbonyl (C=O) groups is 1. The molecule has 29 heavy (non-hydrogen) atoms. The summed E-state index contributed by atoms with van der Waals surface area (Å²) in [6.07, 6.45) is 1.57. The zero-order chi connectivity index (χ0) is 20.6. The first kappa shape index (κ1) is 20.7. The van der Waals surface area contributed by atoms with Gasteiger partial charge in [0.05, 0.1) is 11.7 Å². The summed E-state index contributed by atoms with van der Waals surface area (Å²) >= 11 is 3.22. The lowest BCUT2D eigenvalue weighted by Crippen LogP contribution is -2.31. The average Bonchev–Trinajstić information content (AvgIpc) is 2.73. The molecule has 0 heterocycles.